The molecule has 6 nitrogen and oxygen atoms in total. The van der Waals surface area contributed by atoms with Crippen LogP contribution in [-0.4, -0.2) is 38.5 Å². The van der Waals surface area contributed by atoms with E-state index in [0.29, 0.717) is 11.5 Å². The molecule has 1 aliphatic carbocycles. The van der Waals surface area contributed by atoms with Crippen LogP contribution in [-0.2, 0) is 0 Å². The molecule has 0 aromatic carbocycles. The Morgan fingerprint density at radius 1 is 1.07 bits per heavy atom. The van der Waals surface area contributed by atoms with Gasteiger partial charge >= 0.3 is 0 Å². The van der Waals surface area contributed by atoms with E-state index in [1.165, 1.54) is 19.3 Å². The second-order valence-corrected chi connectivity index (χ2v) is 8.72. The Morgan fingerprint density at radius 2 is 1.96 bits per heavy atom. The molecule has 0 amide bonds. The molecule has 3 aromatic rings. The fourth-order valence-electron chi connectivity index (χ4n) is 4.65. The summed E-state index contributed by atoms with van der Waals surface area (Å²) in [5.74, 6) is 0.981. The second kappa shape index (κ2) is 6.80. The normalized spacial score (nSPS) is 22.0. The monoisotopic (exact) mass is 380 g/mol. The predicted octanol–water partition coefficient (Wildman–Crippen LogP) is 3.37. The first kappa shape index (κ1) is 17.0. The summed E-state index contributed by atoms with van der Waals surface area (Å²) in [6.07, 6.45) is 13.7. The Labute approximate surface area is 163 Å². The van der Waals surface area contributed by atoms with Gasteiger partial charge in [-0.1, -0.05) is 24.2 Å². The lowest BCUT2D eigenvalue weighted by Crippen LogP contribution is -2.47. The predicted molar refractivity (Wildman–Crippen MR) is 107 cm³/mol. The van der Waals surface area contributed by atoms with Gasteiger partial charge in [-0.05, 0) is 43.2 Å². The summed E-state index contributed by atoms with van der Waals surface area (Å²) in [5, 5.41) is 0.951. The first-order valence-corrected chi connectivity index (χ1v) is 10.5. The van der Waals surface area contributed by atoms with Crippen molar-refractivity contribution in [2.45, 2.75) is 48.1 Å². The van der Waals surface area contributed by atoms with Gasteiger partial charge < -0.3 is 10.6 Å². The largest absolute Gasteiger partial charge is 0.342 e. The number of rotatable bonds is 3. The third-order valence-corrected chi connectivity index (χ3v) is 7.20. The Morgan fingerprint density at radius 3 is 2.70 bits per heavy atom. The summed E-state index contributed by atoms with van der Waals surface area (Å²) in [5.41, 5.74) is 7.74. The number of anilines is 1. The van der Waals surface area contributed by atoms with Crippen LogP contribution in [0.4, 0.5) is 5.95 Å². The van der Waals surface area contributed by atoms with Gasteiger partial charge in [0.2, 0.25) is 5.95 Å². The molecule has 140 valence electrons. The summed E-state index contributed by atoms with van der Waals surface area (Å²) < 4.78 is 2.11. The average Bonchev–Trinajstić information content (AvgIpc) is 3.32. The number of pyridine rings is 1. The third-order valence-electron chi connectivity index (χ3n) is 6.24. The minimum Gasteiger partial charge on any atom is -0.342 e. The van der Waals surface area contributed by atoms with Gasteiger partial charge in [0.05, 0.1) is 4.90 Å². The highest BCUT2D eigenvalue weighted by Gasteiger charge is 2.43. The number of hydrogen-bond donors (Lipinski definition) is 1. The van der Waals surface area contributed by atoms with Crippen molar-refractivity contribution in [1.29, 1.82) is 0 Å². The van der Waals surface area contributed by atoms with E-state index < -0.39 is 0 Å². The van der Waals surface area contributed by atoms with Crippen LogP contribution in [0.1, 0.15) is 32.1 Å². The zero-order valence-electron chi connectivity index (χ0n) is 15.3. The van der Waals surface area contributed by atoms with Crippen molar-refractivity contribution < 1.29 is 0 Å². The fourth-order valence-corrected chi connectivity index (χ4v) is 5.48. The molecular weight excluding hydrogens is 356 g/mol. The number of nitrogens with zero attached hydrogens (tertiary/aromatic N) is 5. The van der Waals surface area contributed by atoms with E-state index >= 15 is 0 Å². The molecule has 1 atom stereocenters. The van der Waals surface area contributed by atoms with Gasteiger partial charge in [0.1, 0.15) is 5.03 Å². The van der Waals surface area contributed by atoms with Crippen molar-refractivity contribution in [3.63, 3.8) is 0 Å². The first-order valence-electron chi connectivity index (χ1n) is 9.67. The van der Waals surface area contributed by atoms with Crippen LogP contribution >= 0.6 is 11.8 Å². The van der Waals surface area contributed by atoms with Crippen molar-refractivity contribution in [2.75, 3.05) is 18.0 Å². The maximum atomic E-state index is 6.44. The van der Waals surface area contributed by atoms with Crippen LogP contribution in [0.2, 0.25) is 0 Å². The van der Waals surface area contributed by atoms with E-state index in [1.807, 2.05) is 43.0 Å². The zero-order chi connectivity index (χ0) is 18.3. The summed E-state index contributed by atoms with van der Waals surface area (Å²) in [6, 6.07) is 6.30. The minimum absolute atomic E-state index is 0.360. The second-order valence-electron chi connectivity index (χ2n) is 7.66. The molecule has 4 heterocycles. The Balaban J connectivity index is 1.41. The highest BCUT2D eigenvalue weighted by molar-refractivity contribution is 7.99. The van der Waals surface area contributed by atoms with Crippen LogP contribution in [0.15, 0.2) is 52.9 Å². The SMILES string of the molecule is NC1CCCC12CCN(c1ncc(Sc3ccccn3)c3nccn13)CC2. The van der Waals surface area contributed by atoms with Crippen LogP contribution in [0.3, 0.4) is 0 Å². The van der Waals surface area contributed by atoms with Crippen LogP contribution in [0.5, 0.6) is 0 Å². The summed E-state index contributed by atoms with van der Waals surface area (Å²) in [7, 11) is 0. The van der Waals surface area contributed by atoms with Crippen molar-refractivity contribution in [3.05, 3.63) is 43.0 Å². The van der Waals surface area contributed by atoms with E-state index in [2.05, 4.69) is 19.3 Å². The number of imidazole rings is 1. The first-order chi connectivity index (χ1) is 13.3. The van der Waals surface area contributed by atoms with Crippen LogP contribution in [0.25, 0.3) is 5.65 Å². The van der Waals surface area contributed by atoms with E-state index in [9.17, 15) is 0 Å². The molecule has 7 heteroatoms. The van der Waals surface area contributed by atoms with Crippen molar-refractivity contribution in [2.24, 2.45) is 11.1 Å². The standard InChI is InChI=1S/C20H24N6S/c21-16-4-3-6-20(16)7-11-25(12-8-20)19-24-14-15(18-23-10-13-26(18)19)27-17-5-1-2-9-22-17/h1-2,5,9-10,13-14,16H,3-4,6-8,11-12,21H2. The molecule has 3 aromatic heterocycles. The molecule has 2 aliphatic rings. The molecule has 1 saturated carbocycles. The Hall–Kier alpha value is -2.12. The summed E-state index contributed by atoms with van der Waals surface area (Å²) >= 11 is 1.60. The maximum absolute atomic E-state index is 6.44. The van der Waals surface area contributed by atoms with Gasteiger partial charge in [-0.2, -0.15) is 0 Å². The lowest BCUT2D eigenvalue weighted by molar-refractivity contribution is 0.197. The number of nitrogens with two attached hydrogens (primary N) is 1. The Kier molecular flexibility index (Phi) is 4.28. The molecule has 0 bridgehead atoms. The summed E-state index contributed by atoms with van der Waals surface area (Å²) in [6.45, 7) is 2.03. The van der Waals surface area contributed by atoms with Crippen molar-refractivity contribution >= 4 is 23.4 Å². The molecule has 0 radical (unpaired) electrons. The molecule has 5 rings (SSSR count). The molecular formula is C20H24N6S. The lowest BCUT2D eigenvalue weighted by Gasteiger charge is -2.42. The lowest BCUT2D eigenvalue weighted by atomic mass is 9.74. The molecule has 1 spiro atoms. The van der Waals surface area contributed by atoms with Gasteiger partial charge in [-0.3, -0.25) is 4.40 Å². The molecule has 1 unspecified atom stereocenters. The highest BCUT2D eigenvalue weighted by Crippen LogP contribution is 2.46. The third kappa shape index (κ3) is 2.99. The maximum Gasteiger partial charge on any atom is 0.211 e. The van der Waals surface area contributed by atoms with Gasteiger partial charge in [-0.15, -0.1) is 0 Å². The van der Waals surface area contributed by atoms with E-state index in [4.69, 9.17) is 10.7 Å². The molecule has 1 aliphatic heterocycles. The van der Waals surface area contributed by atoms with Gasteiger partial charge in [-0.25, -0.2) is 15.0 Å². The highest BCUT2D eigenvalue weighted by atomic mass is 32.2. The molecule has 2 fully saturated rings. The number of fused-ring (bicyclic) bond motifs is 1. The Bertz CT molecular complexity index is 932. The quantitative estimate of drug-likeness (QED) is 0.751. The minimum atomic E-state index is 0.360. The van der Waals surface area contributed by atoms with E-state index in [1.54, 1.807) is 11.8 Å². The molecule has 1 saturated heterocycles. The van der Waals surface area contributed by atoms with E-state index in [-0.39, 0.29) is 0 Å². The van der Waals surface area contributed by atoms with Gasteiger partial charge in [0, 0.05) is 43.9 Å². The molecule has 27 heavy (non-hydrogen) atoms. The van der Waals surface area contributed by atoms with Crippen LogP contribution < -0.4 is 10.6 Å². The van der Waals surface area contributed by atoms with Gasteiger partial charge in [0.25, 0.3) is 0 Å². The van der Waals surface area contributed by atoms with Gasteiger partial charge in [0.15, 0.2) is 5.65 Å². The number of hydrogen-bond acceptors (Lipinski definition) is 6. The van der Waals surface area contributed by atoms with Crippen molar-refractivity contribution in [3.8, 4) is 0 Å². The average molecular weight is 381 g/mol. The van der Waals surface area contributed by atoms with E-state index in [0.717, 1.165) is 47.4 Å². The van der Waals surface area contributed by atoms with Crippen LogP contribution in [0, 0.1) is 5.41 Å². The summed E-state index contributed by atoms with van der Waals surface area (Å²) in [4.78, 5) is 17.2. The zero-order valence-corrected chi connectivity index (χ0v) is 16.1. The number of aromatic nitrogens is 4. The molecule has 2 N–H and O–H groups in total. The number of piperidine rings is 1. The fraction of sp³-hybridized carbons (Fsp3) is 0.450. The van der Waals surface area contributed by atoms with Crippen molar-refractivity contribution in [1.82, 2.24) is 19.4 Å². The topological polar surface area (TPSA) is 72.3 Å². The smallest absolute Gasteiger partial charge is 0.211 e.